The largest absolute Gasteiger partial charge is 0.496 e. The summed E-state index contributed by atoms with van der Waals surface area (Å²) in [5.74, 6) is 1.82. The van der Waals surface area contributed by atoms with Crippen molar-refractivity contribution >= 4 is 0 Å². The molecule has 2 aliphatic rings. The van der Waals surface area contributed by atoms with Gasteiger partial charge in [-0.25, -0.2) is 0 Å². The Bertz CT molecular complexity index is 413. The third-order valence-electron chi connectivity index (χ3n) is 4.36. The predicted molar refractivity (Wildman–Crippen MR) is 69.5 cm³/mol. The lowest BCUT2D eigenvalue weighted by Gasteiger charge is -2.16. The number of hydrogen-bond donors (Lipinski definition) is 1. The van der Waals surface area contributed by atoms with Gasteiger partial charge < -0.3 is 10.1 Å². The molecule has 1 N–H and O–H groups in total. The van der Waals surface area contributed by atoms with Crippen molar-refractivity contribution in [2.24, 2.45) is 5.92 Å². The molecule has 3 rings (SSSR count). The molecule has 2 fully saturated rings. The fraction of sp³-hybridized carbons (Fsp3) is 0.600. The number of nitrogens with one attached hydrogen (secondary N) is 1. The minimum Gasteiger partial charge on any atom is -0.496 e. The normalized spacial score (nSPS) is 31.3. The molecule has 0 amide bonds. The number of para-hydroxylation sites is 1. The summed E-state index contributed by atoms with van der Waals surface area (Å²) < 4.78 is 5.48. The Morgan fingerprint density at radius 1 is 1.35 bits per heavy atom. The summed E-state index contributed by atoms with van der Waals surface area (Å²) >= 11 is 0. The second kappa shape index (κ2) is 4.02. The van der Waals surface area contributed by atoms with E-state index in [1.807, 2.05) is 6.07 Å². The topological polar surface area (TPSA) is 21.3 Å². The van der Waals surface area contributed by atoms with Crippen LogP contribution in [-0.2, 0) is 5.41 Å². The van der Waals surface area contributed by atoms with Crippen molar-refractivity contribution in [2.45, 2.75) is 37.6 Å². The lowest BCUT2D eigenvalue weighted by molar-refractivity contribution is 0.403. The van der Waals surface area contributed by atoms with Crippen molar-refractivity contribution in [1.29, 1.82) is 0 Å². The molecule has 1 aromatic carbocycles. The number of ether oxygens (including phenoxy) is 1. The maximum Gasteiger partial charge on any atom is 0.122 e. The molecule has 0 aliphatic heterocycles. The van der Waals surface area contributed by atoms with Crippen molar-refractivity contribution in [1.82, 2.24) is 5.32 Å². The predicted octanol–water partition coefficient (Wildman–Crippen LogP) is 2.72. The first-order chi connectivity index (χ1) is 8.24. The molecule has 2 unspecified atom stereocenters. The Hall–Kier alpha value is -1.02. The quantitative estimate of drug-likeness (QED) is 0.841. The van der Waals surface area contributed by atoms with E-state index >= 15 is 0 Å². The van der Waals surface area contributed by atoms with E-state index in [-0.39, 0.29) is 0 Å². The van der Waals surface area contributed by atoms with Crippen LogP contribution in [0, 0.1) is 5.92 Å². The van der Waals surface area contributed by atoms with Crippen LogP contribution in [0.5, 0.6) is 5.75 Å². The van der Waals surface area contributed by atoms with E-state index in [4.69, 9.17) is 4.74 Å². The summed E-state index contributed by atoms with van der Waals surface area (Å²) in [6, 6.07) is 9.27. The molecule has 1 aromatic rings. The summed E-state index contributed by atoms with van der Waals surface area (Å²) in [6.07, 6.45) is 4.03. The fourth-order valence-corrected chi connectivity index (χ4v) is 2.79. The van der Waals surface area contributed by atoms with E-state index in [2.05, 4.69) is 30.4 Å². The van der Waals surface area contributed by atoms with Gasteiger partial charge in [0.15, 0.2) is 0 Å². The molecule has 2 saturated carbocycles. The average molecular weight is 231 g/mol. The minimum atomic E-state index is 0.328. The first-order valence-corrected chi connectivity index (χ1v) is 6.61. The standard InChI is InChI=1S/C15H21NO/c1-15(9-11(15)10-16-12-7-8-12)13-5-3-4-6-14(13)17-2/h3-6,11-12,16H,7-10H2,1-2H3. The van der Waals surface area contributed by atoms with Gasteiger partial charge in [0.2, 0.25) is 0 Å². The van der Waals surface area contributed by atoms with Crippen LogP contribution in [0.4, 0.5) is 0 Å². The third kappa shape index (κ3) is 2.06. The zero-order valence-electron chi connectivity index (χ0n) is 10.7. The van der Waals surface area contributed by atoms with Crippen molar-refractivity contribution in [3.63, 3.8) is 0 Å². The summed E-state index contributed by atoms with van der Waals surface area (Å²) in [7, 11) is 1.77. The molecule has 0 heterocycles. The Labute approximate surface area is 103 Å². The Morgan fingerprint density at radius 2 is 2.12 bits per heavy atom. The van der Waals surface area contributed by atoms with E-state index in [0.717, 1.165) is 17.7 Å². The molecular weight excluding hydrogens is 210 g/mol. The Morgan fingerprint density at radius 3 is 2.82 bits per heavy atom. The van der Waals surface area contributed by atoms with Gasteiger partial charge in [-0.15, -0.1) is 0 Å². The average Bonchev–Trinajstić information content (AvgIpc) is 3.24. The number of rotatable bonds is 5. The van der Waals surface area contributed by atoms with E-state index in [9.17, 15) is 0 Å². The highest BCUT2D eigenvalue weighted by Gasteiger charge is 2.52. The van der Waals surface area contributed by atoms with Gasteiger partial charge >= 0.3 is 0 Å². The number of methoxy groups -OCH3 is 1. The summed E-state index contributed by atoms with van der Waals surface area (Å²) in [5.41, 5.74) is 1.71. The van der Waals surface area contributed by atoms with E-state index in [1.54, 1.807) is 7.11 Å². The number of hydrogen-bond acceptors (Lipinski definition) is 2. The van der Waals surface area contributed by atoms with E-state index in [1.165, 1.54) is 31.4 Å². The van der Waals surface area contributed by atoms with Gasteiger partial charge in [-0.05, 0) is 37.8 Å². The molecular formula is C15H21NO. The van der Waals surface area contributed by atoms with Crippen molar-refractivity contribution < 1.29 is 4.74 Å². The monoisotopic (exact) mass is 231 g/mol. The lowest BCUT2D eigenvalue weighted by atomic mass is 9.94. The van der Waals surface area contributed by atoms with Crippen LogP contribution in [0.2, 0.25) is 0 Å². The first kappa shape index (κ1) is 11.1. The van der Waals surface area contributed by atoms with Crippen LogP contribution in [0.3, 0.4) is 0 Å². The minimum absolute atomic E-state index is 0.328. The molecule has 0 aromatic heterocycles. The summed E-state index contributed by atoms with van der Waals surface area (Å²) in [5, 5.41) is 3.64. The van der Waals surface area contributed by atoms with Crippen LogP contribution in [0.25, 0.3) is 0 Å². The fourth-order valence-electron chi connectivity index (χ4n) is 2.79. The van der Waals surface area contributed by atoms with Gasteiger partial charge in [0.25, 0.3) is 0 Å². The van der Waals surface area contributed by atoms with Crippen LogP contribution in [0.1, 0.15) is 31.7 Å². The van der Waals surface area contributed by atoms with Crippen LogP contribution in [0.15, 0.2) is 24.3 Å². The van der Waals surface area contributed by atoms with Crippen LogP contribution >= 0.6 is 0 Å². The SMILES string of the molecule is COc1ccccc1C1(C)CC1CNC1CC1. The molecule has 0 bridgehead atoms. The molecule has 0 radical (unpaired) electrons. The molecule has 2 heteroatoms. The highest BCUT2D eigenvalue weighted by atomic mass is 16.5. The zero-order valence-corrected chi connectivity index (χ0v) is 10.7. The molecule has 92 valence electrons. The Balaban J connectivity index is 1.70. The zero-order chi connectivity index (χ0) is 11.9. The van der Waals surface area contributed by atoms with Crippen molar-refractivity contribution in [2.75, 3.05) is 13.7 Å². The smallest absolute Gasteiger partial charge is 0.122 e. The number of benzene rings is 1. The molecule has 0 spiro atoms. The van der Waals surface area contributed by atoms with Crippen molar-refractivity contribution in [3.05, 3.63) is 29.8 Å². The van der Waals surface area contributed by atoms with Crippen LogP contribution in [-0.4, -0.2) is 19.7 Å². The third-order valence-corrected chi connectivity index (χ3v) is 4.36. The van der Waals surface area contributed by atoms with E-state index < -0.39 is 0 Å². The maximum absolute atomic E-state index is 5.48. The maximum atomic E-state index is 5.48. The lowest BCUT2D eigenvalue weighted by Crippen LogP contribution is -2.22. The van der Waals surface area contributed by atoms with Crippen molar-refractivity contribution in [3.8, 4) is 5.75 Å². The van der Waals surface area contributed by atoms with Gasteiger partial charge in [0, 0.05) is 17.0 Å². The highest BCUT2D eigenvalue weighted by molar-refractivity contribution is 5.43. The summed E-state index contributed by atoms with van der Waals surface area (Å²) in [6.45, 7) is 3.53. The second-order valence-electron chi connectivity index (χ2n) is 5.70. The van der Waals surface area contributed by atoms with E-state index in [0.29, 0.717) is 5.41 Å². The first-order valence-electron chi connectivity index (χ1n) is 6.61. The summed E-state index contributed by atoms with van der Waals surface area (Å²) in [4.78, 5) is 0. The van der Waals surface area contributed by atoms with Gasteiger partial charge in [-0.3, -0.25) is 0 Å². The second-order valence-corrected chi connectivity index (χ2v) is 5.70. The molecule has 2 nitrogen and oxygen atoms in total. The van der Waals surface area contributed by atoms with Gasteiger partial charge in [-0.2, -0.15) is 0 Å². The molecule has 2 aliphatic carbocycles. The molecule has 17 heavy (non-hydrogen) atoms. The molecule has 0 saturated heterocycles. The van der Waals surface area contributed by atoms with Crippen LogP contribution < -0.4 is 10.1 Å². The highest BCUT2D eigenvalue weighted by Crippen LogP contribution is 2.56. The van der Waals surface area contributed by atoms with Gasteiger partial charge in [0.1, 0.15) is 5.75 Å². The van der Waals surface area contributed by atoms with Gasteiger partial charge in [-0.1, -0.05) is 25.1 Å². The Kier molecular flexibility index (Phi) is 2.62. The van der Waals surface area contributed by atoms with Gasteiger partial charge in [0.05, 0.1) is 7.11 Å². The molecule has 2 atom stereocenters.